The van der Waals surface area contributed by atoms with Crippen molar-refractivity contribution in [3.05, 3.63) is 17.3 Å². The van der Waals surface area contributed by atoms with Crippen LogP contribution in [-0.4, -0.2) is 31.0 Å². The third-order valence-electron chi connectivity index (χ3n) is 2.28. The summed E-state index contributed by atoms with van der Waals surface area (Å²) in [5.74, 6) is -1.14. The van der Waals surface area contributed by atoms with Gasteiger partial charge in [-0.25, -0.2) is 4.98 Å². The molecule has 0 aliphatic rings. The first kappa shape index (κ1) is 17.5. The molecule has 0 aromatic carbocycles. The Labute approximate surface area is 127 Å². The van der Waals surface area contributed by atoms with E-state index in [1.54, 1.807) is 6.92 Å². The van der Waals surface area contributed by atoms with Crippen molar-refractivity contribution >= 4 is 21.9 Å². The Hall–Kier alpha value is -1.51. The van der Waals surface area contributed by atoms with Crippen molar-refractivity contribution in [3.63, 3.8) is 0 Å². The van der Waals surface area contributed by atoms with Gasteiger partial charge in [0.25, 0.3) is 0 Å². The lowest BCUT2D eigenvalue weighted by Crippen LogP contribution is -2.21. The molecule has 0 atom stereocenters. The molecule has 0 aliphatic carbocycles. The molecule has 118 valence electrons. The Balaban J connectivity index is 3.24. The predicted octanol–water partition coefficient (Wildman–Crippen LogP) is 2.99. The number of carbonyl (C=O) groups excluding carboxylic acids is 1. The molecule has 0 N–H and O–H groups in total. The van der Waals surface area contributed by atoms with Crippen LogP contribution >= 0.6 is 15.9 Å². The van der Waals surface area contributed by atoms with Crippen molar-refractivity contribution in [2.45, 2.75) is 25.0 Å². The lowest BCUT2D eigenvalue weighted by Gasteiger charge is -2.16. The number of aromatic nitrogens is 1. The van der Waals surface area contributed by atoms with Gasteiger partial charge in [0.2, 0.25) is 5.88 Å². The summed E-state index contributed by atoms with van der Waals surface area (Å²) in [6.07, 6.45) is -5.34. The zero-order valence-corrected chi connectivity index (χ0v) is 12.9. The van der Waals surface area contributed by atoms with Crippen LogP contribution in [0.4, 0.5) is 13.2 Å². The Morgan fingerprint density at radius 2 is 2.10 bits per heavy atom. The number of pyridine rings is 1. The minimum atomic E-state index is -4.89. The zero-order chi connectivity index (χ0) is 16.0. The van der Waals surface area contributed by atoms with Crippen molar-refractivity contribution in [1.82, 2.24) is 4.98 Å². The summed E-state index contributed by atoms with van der Waals surface area (Å²) in [7, 11) is 1.32. The van der Waals surface area contributed by atoms with E-state index >= 15 is 0 Å². The summed E-state index contributed by atoms with van der Waals surface area (Å²) >= 11 is 3.06. The maximum Gasteiger partial charge on any atom is 0.573 e. The van der Waals surface area contributed by atoms with Crippen LogP contribution in [-0.2, 0) is 21.3 Å². The van der Waals surface area contributed by atoms with Gasteiger partial charge in [-0.1, -0.05) is 15.9 Å². The lowest BCUT2D eigenvalue weighted by molar-refractivity contribution is -0.275. The summed E-state index contributed by atoms with van der Waals surface area (Å²) in [6.45, 7) is 1.71. The molecule has 0 saturated heterocycles. The number of hydrogen-bond acceptors (Lipinski definition) is 5. The van der Waals surface area contributed by atoms with Crippen LogP contribution in [0.2, 0.25) is 0 Å². The number of alkyl halides is 4. The van der Waals surface area contributed by atoms with Crippen LogP contribution in [0, 0.1) is 0 Å². The molecule has 0 spiro atoms. The number of nitrogens with zero attached hydrogens (tertiary/aromatic N) is 1. The minimum absolute atomic E-state index is 0.0765. The second-order valence-electron chi connectivity index (χ2n) is 3.76. The standard InChI is InChI=1S/C12H13BrF3NO4/c1-3-20-10(18)5-8-11(21-12(14,15)16)7(6-13)4-9(17-8)19-2/h4H,3,5-6H2,1-2H3. The van der Waals surface area contributed by atoms with E-state index in [4.69, 9.17) is 9.47 Å². The fourth-order valence-electron chi connectivity index (χ4n) is 1.53. The molecule has 0 unspecified atom stereocenters. The molecule has 9 heteroatoms. The lowest BCUT2D eigenvalue weighted by atomic mass is 10.1. The average molecular weight is 372 g/mol. The number of esters is 1. The molecule has 0 saturated carbocycles. The highest BCUT2D eigenvalue weighted by Gasteiger charge is 2.34. The smallest absolute Gasteiger partial charge is 0.481 e. The van der Waals surface area contributed by atoms with Gasteiger partial charge in [0.1, 0.15) is 0 Å². The fourth-order valence-corrected chi connectivity index (χ4v) is 1.95. The Morgan fingerprint density at radius 1 is 1.43 bits per heavy atom. The third-order valence-corrected chi connectivity index (χ3v) is 2.89. The van der Waals surface area contributed by atoms with Crippen LogP contribution in [0.25, 0.3) is 0 Å². The van der Waals surface area contributed by atoms with Gasteiger partial charge in [0.05, 0.1) is 25.8 Å². The zero-order valence-electron chi connectivity index (χ0n) is 11.3. The highest BCUT2D eigenvalue weighted by atomic mass is 79.9. The maximum atomic E-state index is 12.5. The van der Waals surface area contributed by atoms with Gasteiger partial charge in [-0.2, -0.15) is 0 Å². The van der Waals surface area contributed by atoms with E-state index in [2.05, 4.69) is 25.7 Å². The van der Waals surface area contributed by atoms with Gasteiger partial charge in [-0.15, -0.1) is 13.2 Å². The monoisotopic (exact) mass is 371 g/mol. The van der Waals surface area contributed by atoms with Crippen molar-refractivity contribution in [2.75, 3.05) is 13.7 Å². The largest absolute Gasteiger partial charge is 0.573 e. The van der Waals surface area contributed by atoms with Crippen LogP contribution in [0.1, 0.15) is 18.2 Å². The molecule has 1 aromatic heterocycles. The number of methoxy groups -OCH3 is 1. The highest BCUT2D eigenvalue weighted by molar-refractivity contribution is 9.08. The number of rotatable bonds is 6. The molecule has 0 aliphatic heterocycles. The first-order valence-corrected chi connectivity index (χ1v) is 6.97. The average Bonchev–Trinajstić information content (AvgIpc) is 2.39. The number of hydrogen-bond donors (Lipinski definition) is 0. The Kier molecular flexibility index (Phi) is 6.25. The fraction of sp³-hybridized carbons (Fsp3) is 0.500. The van der Waals surface area contributed by atoms with E-state index < -0.39 is 24.5 Å². The molecule has 0 radical (unpaired) electrons. The maximum absolute atomic E-state index is 12.5. The van der Waals surface area contributed by atoms with Gasteiger partial charge in [-0.3, -0.25) is 4.79 Å². The van der Waals surface area contributed by atoms with Crippen molar-refractivity contribution in [2.24, 2.45) is 0 Å². The van der Waals surface area contributed by atoms with Crippen LogP contribution in [0.15, 0.2) is 6.07 Å². The van der Waals surface area contributed by atoms with E-state index in [0.717, 1.165) is 0 Å². The topological polar surface area (TPSA) is 57.7 Å². The number of ether oxygens (including phenoxy) is 3. The van der Waals surface area contributed by atoms with Gasteiger partial charge in [-0.05, 0) is 6.92 Å². The van der Waals surface area contributed by atoms with Crippen molar-refractivity contribution in [3.8, 4) is 11.6 Å². The molecule has 0 amide bonds. The predicted molar refractivity (Wildman–Crippen MR) is 70.4 cm³/mol. The molecule has 1 aromatic rings. The van der Waals surface area contributed by atoms with E-state index in [1.807, 2.05) is 0 Å². The normalized spacial score (nSPS) is 11.1. The highest BCUT2D eigenvalue weighted by Crippen LogP contribution is 2.33. The molecule has 21 heavy (non-hydrogen) atoms. The van der Waals surface area contributed by atoms with E-state index in [-0.39, 0.29) is 29.1 Å². The van der Waals surface area contributed by atoms with Crippen LogP contribution < -0.4 is 9.47 Å². The SMILES string of the molecule is CCOC(=O)Cc1nc(OC)cc(CBr)c1OC(F)(F)F. The molecule has 5 nitrogen and oxygen atoms in total. The molecule has 1 heterocycles. The third kappa shape index (κ3) is 5.41. The van der Waals surface area contributed by atoms with E-state index in [0.29, 0.717) is 0 Å². The number of carbonyl (C=O) groups is 1. The Morgan fingerprint density at radius 3 is 2.57 bits per heavy atom. The van der Waals surface area contributed by atoms with E-state index in [1.165, 1.54) is 13.2 Å². The second-order valence-corrected chi connectivity index (χ2v) is 4.32. The molecular weight excluding hydrogens is 359 g/mol. The molecule has 0 fully saturated rings. The van der Waals surface area contributed by atoms with Gasteiger partial charge >= 0.3 is 12.3 Å². The number of halogens is 4. The second kappa shape index (κ2) is 7.48. The molecule has 0 bridgehead atoms. The first-order chi connectivity index (χ1) is 9.80. The summed E-state index contributed by atoms with van der Waals surface area (Å²) in [6, 6.07) is 1.30. The van der Waals surface area contributed by atoms with E-state index in [9.17, 15) is 18.0 Å². The summed E-state index contributed by atoms with van der Waals surface area (Å²) in [5, 5.41) is 0.0765. The molecular formula is C12H13BrF3NO4. The molecule has 1 rings (SSSR count). The Bertz CT molecular complexity index is 508. The van der Waals surface area contributed by atoms with Gasteiger partial charge in [0.15, 0.2) is 5.75 Å². The van der Waals surface area contributed by atoms with Crippen molar-refractivity contribution in [1.29, 1.82) is 0 Å². The summed E-state index contributed by atoms with van der Waals surface area (Å²) in [4.78, 5) is 15.3. The summed E-state index contributed by atoms with van der Waals surface area (Å²) < 4.78 is 51.1. The quantitative estimate of drug-likeness (QED) is 0.568. The summed E-state index contributed by atoms with van der Waals surface area (Å²) in [5.41, 5.74) is -0.0296. The van der Waals surface area contributed by atoms with Crippen LogP contribution in [0.5, 0.6) is 11.6 Å². The van der Waals surface area contributed by atoms with Crippen molar-refractivity contribution < 1.29 is 32.2 Å². The first-order valence-electron chi connectivity index (χ1n) is 5.84. The van der Waals surface area contributed by atoms with Gasteiger partial charge < -0.3 is 14.2 Å². The minimum Gasteiger partial charge on any atom is -0.481 e. The van der Waals surface area contributed by atoms with Gasteiger partial charge in [0, 0.05) is 17.0 Å². The van der Waals surface area contributed by atoms with Crippen LogP contribution in [0.3, 0.4) is 0 Å².